The Morgan fingerprint density at radius 3 is 2.43 bits per heavy atom. The summed E-state index contributed by atoms with van der Waals surface area (Å²) < 4.78 is 5.86. The number of aromatic nitrogens is 1. The lowest BCUT2D eigenvalue weighted by atomic mass is 10.2. The molecule has 0 fully saturated rings. The van der Waals surface area contributed by atoms with Gasteiger partial charge in [-0.05, 0) is 31.0 Å². The molecule has 0 radical (unpaired) electrons. The number of hydrogen-bond donors (Lipinski definition) is 0. The molecule has 0 unspecified atom stereocenters. The van der Waals surface area contributed by atoms with Crippen LogP contribution < -0.4 is 0 Å². The Bertz CT molecular complexity index is 738. The van der Waals surface area contributed by atoms with E-state index in [1.165, 1.54) is 10.5 Å². The fourth-order valence-corrected chi connectivity index (χ4v) is 2.86. The van der Waals surface area contributed by atoms with Gasteiger partial charge in [-0.25, -0.2) is 4.98 Å². The summed E-state index contributed by atoms with van der Waals surface area (Å²) in [7, 11) is 2.08. The van der Waals surface area contributed by atoms with Gasteiger partial charge in [-0.15, -0.1) is 11.8 Å². The monoisotopic (exact) mass is 324 g/mol. The van der Waals surface area contributed by atoms with E-state index in [0.717, 1.165) is 23.8 Å². The van der Waals surface area contributed by atoms with E-state index in [4.69, 9.17) is 4.42 Å². The highest BCUT2D eigenvalue weighted by molar-refractivity contribution is 7.98. The Hall–Kier alpha value is -2.04. The van der Waals surface area contributed by atoms with E-state index in [1.54, 1.807) is 18.0 Å². The molecule has 3 aromatic rings. The van der Waals surface area contributed by atoms with E-state index in [9.17, 15) is 0 Å². The van der Waals surface area contributed by atoms with Crippen molar-refractivity contribution >= 4 is 11.8 Å². The van der Waals surface area contributed by atoms with Gasteiger partial charge in [0.2, 0.25) is 5.89 Å². The molecule has 3 nitrogen and oxygen atoms in total. The van der Waals surface area contributed by atoms with Crippen molar-refractivity contribution < 1.29 is 4.42 Å². The van der Waals surface area contributed by atoms with Gasteiger partial charge in [-0.1, -0.05) is 42.5 Å². The smallest absolute Gasteiger partial charge is 0.209 e. The van der Waals surface area contributed by atoms with E-state index in [1.807, 2.05) is 30.3 Å². The molecule has 0 bridgehead atoms. The minimum Gasteiger partial charge on any atom is -0.439 e. The minimum absolute atomic E-state index is 0.692. The van der Waals surface area contributed by atoms with Gasteiger partial charge < -0.3 is 4.42 Å². The van der Waals surface area contributed by atoms with Crippen molar-refractivity contribution in [2.75, 3.05) is 13.3 Å². The van der Waals surface area contributed by atoms with Crippen LogP contribution in [0, 0.1) is 0 Å². The maximum atomic E-state index is 5.86. The third kappa shape index (κ3) is 4.24. The van der Waals surface area contributed by atoms with Gasteiger partial charge in [0.15, 0.2) is 5.76 Å². The van der Waals surface area contributed by atoms with Crippen LogP contribution in [0.2, 0.25) is 0 Å². The molecule has 0 amide bonds. The third-order valence-corrected chi connectivity index (χ3v) is 4.37. The van der Waals surface area contributed by atoms with Crippen LogP contribution in [0.5, 0.6) is 0 Å². The van der Waals surface area contributed by atoms with Gasteiger partial charge in [0.25, 0.3) is 0 Å². The lowest BCUT2D eigenvalue weighted by Crippen LogP contribution is -2.17. The van der Waals surface area contributed by atoms with Crippen LogP contribution in [0.1, 0.15) is 11.5 Å². The molecule has 3 rings (SSSR count). The zero-order valence-corrected chi connectivity index (χ0v) is 14.2. The van der Waals surface area contributed by atoms with E-state index in [-0.39, 0.29) is 0 Å². The summed E-state index contributed by atoms with van der Waals surface area (Å²) in [4.78, 5) is 7.88. The van der Waals surface area contributed by atoms with E-state index in [0.29, 0.717) is 6.54 Å². The fraction of sp³-hybridized carbons (Fsp3) is 0.211. The topological polar surface area (TPSA) is 29.3 Å². The van der Waals surface area contributed by atoms with Gasteiger partial charge in [0.1, 0.15) is 0 Å². The van der Waals surface area contributed by atoms with Gasteiger partial charge in [0, 0.05) is 17.0 Å². The number of thioether (sulfide) groups is 1. The van der Waals surface area contributed by atoms with Crippen molar-refractivity contribution in [3.63, 3.8) is 0 Å². The van der Waals surface area contributed by atoms with Crippen LogP contribution in [0.15, 0.2) is 70.1 Å². The summed E-state index contributed by atoms with van der Waals surface area (Å²) in [5, 5.41) is 0. The third-order valence-electron chi connectivity index (χ3n) is 3.63. The Morgan fingerprint density at radius 1 is 1.00 bits per heavy atom. The Kier molecular flexibility index (Phi) is 5.16. The predicted octanol–water partition coefficient (Wildman–Crippen LogP) is 4.70. The second-order valence-electron chi connectivity index (χ2n) is 5.50. The Morgan fingerprint density at radius 2 is 1.74 bits per heavy atom. The van der Waals surface area contributed by atoms with Crippen LogP contribution in [0.25, 0.3) is 11.3 Å². The zero-order chi connectivity index (χ0) is 16.1. The van der Waals surface area contributed by atoms with Crippen LogP contribution in [-0.2, 0) is 13.1 Å². The molecule has 1 heterocycles. The summed E-state index contributed by atoms with van der Waals surface area (Å²) in [6.45, 7) is 1.56. The van der Waals surface area contributed by atoms with Gasteiger partial charge in [-0.3, -0.25) is 4.90 Å². The second-order valence-corrected chi connectivity index (χ2v) is 6.38. The van der Waals surface area contributed by atoms with Crippen molar-refractivity contribution in [3.05, 3.63) is 72.2 Å². The second kappa shape index (κ2) is 7.49. The molecule has 0 spiro atoms. The maximum Gasteiger partial charge on any atom is 0.209 e. The molecular weight excluding hydrogens is 304 g/mol. The van der Waals surface area contributed by atoms with Crippen LogP contribution in [0.3, 0.4) is 0 Å². The summed E-state index contributed by atoms with van der Waals surface area (Å²) in [5.74, 6) is 1.56. The molecule has 0 atom stereocenters. The molecule has 118 valence electrons. The largest absolute Gasteiger partial charge is 0.439 e. The van der Waals surface area contributed by atoms with Gasteiger partial charge >= 0.3 is 0 Å². The van der Waals surface area contributed by atoms with Crippen LogP contribution >= 0.6 is 11.8 Å². The quantitative estimate of drug-likeness (QED) is 0.615. The van der Waals surface area contributed by atoms with Crippen molar-refractivity contribution in [1.29, 1.82) is 0 Å². The highest BCUT2D eigenvalue weighted by atomic mass is 32.2. The van der Waals surface area contributed by atoms with Crippen LogP contribution in [0.4, 0.5) is 0 Å². The summed E-state index contributed by atoms with van der Waals surface area (Å²) >= 11 is 1.76. The van der Waals surface area contributed by atoms with Crippen LogP contribution in [-0.4, -0.2) is 23.2 Å². The molecule has 2 aromatic carbocycles. The average molecular weight is 324 g/mol. The number of hydrogen-bond acceptors (Lipinski definition) is 4. The maximum absolute atomic E-state index is 5.86. The van der Waals surface area contributed by atoms with Crippen molar-refractivity contribution in [3.8, 4) is 11.3 Å². The molecule has 0 aliphatic carbocycles. The average Bonchev–Trinajstić information content (AvgIpc) is 3.04. The summed E-state index contributed by atoms with van der Waals surface area (Å²) in [5.41, 5.74) is 2.35. The summed E-state index contributed by atoms with van der Waals surface area (Å²) in [6, 6.07) is 18.7. The number of rotatable bonds is 6. The molecule has 4 heteroatoms. The molecule has 0 saturated carbocycles. The molecule has 1 aromatic heterocycles. The first-order chi connectivity index (χ1) is 11.2. The number of benzene rings is 2. The van der Waals surface area contributed by atoms with E-state index < -0.39 is 0 Å². The summed E-state index contributed by atoms with van der Waals surface area (Å²) in [6.07, 6.45) is 3.89. The van der Waals surface area contributed by atoms with E-state index >= 15 is 0 Å². The lowest BCUT2D eigenvalue weighted by molar-refractivity contribution is 0.283. The molecule has 23 heavy (non-hydrogen) atoms. The first-order valence-electron chi connectivity index (χ1n) is 7.56. The SMILES string of the molecule is CSc1ccc(CN(C)Cc2ncc(-c3ccccc3)o2)cc1. The van der Waals surface area contributed by atoms with E-state index in [2.05, 4.69) is 47.5 Å². The van der Waals surface area contributed by atoms with Gasteiger partial charge in [0.05, 0.1) is 12.7 Å². The molecular formula is C19H20N2OS. The highest BCUT2D eigenvalue weighted by Crippen LogP contribution is 2.21. The number of nitrogens with zero attached hydrogens (tertiary/aromatic N) is 2. The minimum atomic E-state index is 0.692. The normalized spacial score (nSPS) is 11.1. The molecule has 0 saturated heterocycles. The van der Waals surface area contributed by atoms with Gasteiger partial charge in [-0.2, -0.15) is 0 Å². The van der Waals surface area contributed by atoms with Crippen molar-refractivity contribution in [2.24, 2.45) is 0 Å². The number of oxazole rings is 1. The molecule has 0 N–H and O–H groups in total. The first kappa shape index (κ1) is 15.8. The molecule has 0 aliphatic heterocycles. The Labute approximate surface area is 141 Å². The fourth-order valence-electron chi connectivity index (χ4n) is 2.45. The van der Waals surface area contributed by atoms with Crippen molar-refractivity contribution in [2.45, 2.75) is 18.0 Å². The standard InChI is InChI=1S/C19H20N2OS/c1-21(13-15-8-10-17(23-2)11-9-15)14-19-20-12-18(22-19)16-6-4-3-5-7-16/h3-12H,13-14H2,1-2H3. The molecule has 0 aliphatic rings. The zero-order valence-electron chi connectivity index (χ0n) is 13.4. The predicted molar refractivity (Wildman–Crippen MR) is 95.3 cm³/mol. The first-order valence-corrected chi connectivity index (χ1v) is 8.78. The Balaban J connectivity index is 1.61. The van der Waals surface area contributed by atoms with Crippen molar-refractivity contribution in [1.82, 2.24) is 9.88 Å². The lowest BCUT2D eigenvalue weighted by Gasteiger charge is -2.14. The highest BCUT2D eigenvalue weighted by Gasteiger charge is 2.09.